The fourth-order valence-electron chi connectivity index (χ4n) is 2.67. The lowest BCUT2D eigenvalue weighted by molar-refractivity contribution is 0.875. The molecule has 3 rings (SSSR count). The summed E-state index contributed by atoms with van der Waals surface area (Å²) < 4.78 is 2.33. The van der Waals surface area contributed by atoms with Crippen LogP contribution in [0.15, 0.2) is 60.8 Å². The van der Waals surface area contributed by atoms with E-state index < -0.39 is 0 Å². The number of benzene rings is 1. The molecule has 0 N–H and O–H groups in total. The number of aromatic nitrogens is 1. The van der Waals surface area contributed by atoms with E-state index >= 15 is 0 Å². The van der Waals surface area contributed by atoms with Crippen molar-refractivity contribution in [3.63, 3.8) is 0 Å². The van der Waals surface area contributed by atoms with Crippen molar-refractivity contribution in [1.29, 1.82) is 0 Å². The van der Waals surface area contributed by atoms with Gasteiger partial charge in [0.2, 0.25) is 0 Å². The standard InChI is InChI=1S/C19H19N/c1-2-3-5-10-16-15-20(17-11-6-4-7-12-17)19-14-9-8-13-18(16)19/h2-8,10-13,15H,9,14H2,1H3/b3-2-,10-5-. The van der Waals surface area contributed by atoms with Gasteiger partial charge in [-0.15, -0.1) is 0 Å². The molecule has 1 aliphatic rings. The van der Waals surface area contributed by atoms with Gasteiger partial charge in [0.15, 0.2) is 0 Å². The van der Waals surface area contributed by atoms with E-state index in [-0.39, 0.29) is 0 Å². The zero-order valence-corrected chi connectivity index (χ0v) is 11.8. The van der Waals surface area contributed by atoms with E-state index in [0.29, 0.717) is 0 Å². The first-order chi connectivity index (χ1) is 9.90. The van der Waals surface area contributed by atoms with Crippen LogP contribution < -0.4 is 0 Å². The quantitative estimate of drug-likeness (QED) is 0.683. The van der Waals surface area contributed by atoms with E-state index in [1.165, 1.54) is 22.5 Å². The van der Waals surface area contributed by atoms with Crippen LogP contribution in [0.1, 0.15) is 30.2 Å². The summed E-state index contributed by atoms with van der Waals surface area (Å²) in [6.45, 7) is 2.04. The minimum atomic E-state index is 1.11. The Bertz CT molecular complexity index is 669. The van der Waals surface area contributed by atoms with Gasteiger partial charge in [0.05, 0.1) is 0 Å². The Labute approximate surface area is 120 Å². The van der Waals surface area contributed by atoms with Gasteiger partial charge in [-0.1, -0.05) is 54.7 Å². The summed E-state index contributed by atoms with van der Waals surface area (Å²) in [5, 5.41) is 0. The molecule has 1 nitrogen and oxygen atoms in total. The summed E-state index contributed by atoms with van der Waals surface area (Å²) in [6, 6.07) is 10.6. The van der Waals surface area contributed by atoms with Crippen LogP contribution in [0.25, 0.3) is 17.8 Å². The van der Waals surface area contributed by atoms with E-state index in [1.807, 2.05) is 13.0 Å². The monoisotopic (exact) mass is 261 g/mol. The molecule has 1 aliphatic carbocycles. The maximum Gasteiger partial charge on any atom is 0.0452 e. The highest BCUT2D eigenvalue weighted by atomic mass is 15.0. The second-order valence-corrected chi connectivity index (χ2v) is 4.98. The highest BCUT2D eigenvalue weighted by Crippen LogP contribution is 2.28. The second-order valence-electron chi connectivity index (χ2n) is 4.98. The molecule has 0 saturated carbocycles. The molecule has 0 bridgehead atoms. The molecule has 1 aromatic carbocycles. The highest BCUT2D eigenvalue weighted by molar-refractivity contribution is 5.70. The van der Waals surface area contributed by atoms with Crippen LogP contribution in [0.3, 0.4) is 0 Å². The minimum absolute atomic E-state index is 1.11. The first-order valence-corrected chi connectivity index (χ1v) is 7.15. The lowest BCUT2D eigenvalue weighted by Gasteiger charge is -2.12. The van der Waals surface area contributed by atoms with Gasteiger partial charge in [-0.2, -0.15) is 0 Å². The lowest BCUT2D eigenvalue weighted by Crippen LogP contribution is -2.01. The number of hydrogen-bond acceptors (Lipinski definition) is 0. The third-order valence-electron chi connectivity index (χ3n) is 3.63. The van der Waals surface area contributed by atoms with Crippen LogP contribution in [-0.4, -0.2) is 4.57 Å². The number of rotatable bonds is 3. The van der Waals surface area contributed by atoms with E-state index in [0.717, 1.165) is 12.8 Å². The highest BCUT2D eigenvalue weighted by Gasteiger charge is 2.15. The summed E-state index contributed by atoms with van der Waals surface area (Å²) in [7, 11) is 0. The van der Waals surface area contributed by atoms with Crippen molar-refractivity contribution in [2.24, 2.45) is 0 Å². The topological polar surface area (TPSA) is 4.93 Å². The summed E-state index contributed by atoms with van der Waals surface area (Å²) in [6.07, 6.45) is 17.4. The number of fused-ring (bicyclic) bond motifs is 1. The van der Waals surface area contributed by atoms with Crippen LogP contribution in [0.2, 0.25) is 0 Å². The zero-order chi connectivity index (χ0) is 13.8. The number of nitrogens with zero attached hydrogens (tertiary/aromatic N) is 1. The van der Waals surface area contributed by atoms with Crippen molar-refractivity contribution >= 4 is 12.2 Å². The molecule has 0 radical (unpaired) electrons. The maximum atomic E-state index is 2.33. The van der Waals surface area contributed by atoms with Gasteiger partial charge in [-0.25, -0.2) is 0 Å². The Kier molecular flexibility index (Phi) is 3.69. The Morgan fingerprint density at radius 2 is 1.95 bits per heavy atom. The predicted octanol–water partition coefficient (Wildman–Crippen LogP) is 5.03. The van der Waals surface area contributed by atoms with Gasteiger partial charge in [0.1, 0.15) is 0 Å². The zero-order valence-electron chi connectivity index (χ0n) is 11.8. The molecule has 0 saturated heterocycles. The Morgan fingerprint density at radius 3 is 2.75 bits per heavy atom. The molecule has 20 heavy (non-hydrogen) atoms. The summed E-state index contributed by atoms with van der Waals surface area (Å²) in [4.78, 5) is 0. The average molecular weight is 261 g/mol. The van der Waals surface area contributed by atoms with Gasteiger partial charge in [-0.05, 0) is 31.9 Å². The van der Waals surface area contributed by atoms with Crippen molar-refractivity contribution in [2.45, 2.75) is 19.8 Å². The largest absolute Gasteiger partial charge is 0.320 e. The summed E-state index contributed by atoms with van der Waals surface area (Å²) >= 11 is 0. The van der Waals surface area contributed by atoms with E-state index in [2.05, 4.69) is 71.5 Å². The molecular formula is C19H19N. The van der Waals surface area contributed by atoms with Gasteiger partial charge in [0.25, 0.3) is 0 Å². The lowest BCUT2D eigenvalue weighted by atomic mass is 10.0. The van der Waals surface area contributed by atoms with Gasteiger partial charge in [-0.3, -0.25) is 0 Å². The van der Waals surface area contributed by atoms with Gasteiger partial charge in [0, 0.05) is 28.7 Å². The fraction of sp³-hybridized carbons (Fsp3) is 0.158. The molecule has 0 aliphatic heterocycles. The molecule has 1 aromatic heterocycles. The van der Waals surface area contributed by atoms with Crippen LogP contribution in [-0.2, 0) is 6.42 Å². The molecule has 0 amide bonds. The molecule has 0 fully saturated rings. The van der Waals surface area contributed by atoms with Crippen molar-refractivity contribution in [2.75, 3.05) is 0 Å². The summed E-state index contributed by atoms with van der Waals surface area (Å²) in [5.41, 5.74) is 5.31. The van der Waals surface area contributed by atoms with E-state index in [9.17, 15) is 0 Å². The molecule has 1 heteroatoms. The predicted molar refractivity (Wildman–Crippen MR) is 87.0 cm³/mol. The summed E-state index contributed by atoms with van der Waals surface area (Å²) in [5.74, 6) is 0. The molecule has 100 valence electrons. The number of allylic oxidation sites excluding steroid dienone is 4. The molecule has 0 unspecified atom stereocenters. The normalized spacial score (nSPS) is 14.2. The van der Waals surface area contributed by atoms with Crippen LogP contribution in [0, 0.1) is 0 Å². The minimum Gasteiger partial charge on any atom is -0.320 e. The molecular weight excluding hydrogens is 242 g/mol. The van der Waals surface area contributed by atoms with Crippen LogP contribution >= 0.6 is 0 Å². The first kappa shape index (κ1) is 12.7. The van der Waals surface area contributed by atoms with Gasteiger partial charge < -0.3 is 4.57 Å². The third-order valence-corrected chi connectivity index (χ3v) is 3.63. The Hall–Kier alpha value is -2.28. The van der Waals surface area contributed by atoms with Crippen molar-refractivity contribution < 1.29 is 0 Å². The first-order valence-electron chi connectivity index (χ1n) is 7.15. The average Bonchev–Trinajstić information content (AvgIpc) is 2.88. The third kappa shape index (κ3) is 2.39. The smallest absolute Gasteiger partial charge is 0.0452 e. The molecule has 0 spiro atoms. The van der Waals surface area contributed by atoms with Gasteiger partial charge >= 0.3 is 0 Å². The van der Waals surface area contributed by atoms with Crippen molar-refractivity contribution in [1.82, 2.24) is 4.57 Å². The van der Waals surface area contributed by atoms with Crippen molar-refractivity contribution in [3.8, 4) is 5.69 Å². The van der Waals surface area contributed by atoms with E-state index in [4.69, 9.17) is 0 Å². The maximum absolute atomic E-state index is 2.33. The molecule has 2 aromatic rings. The van der Waals surface area contributed by atoms with E-state index in [1.54, 1.807) is 0 Å². The molecule has 1 heterocycles. The Morgan fingerprint density at radius 1 is 1.10 bits per heavy atom. The van der Waals surface area contributed by atoms with Crippen LogP contribution in [0.5, 0.6) is 0 Å². The Balaban J connectivity index is 2.10. The number of hydrogen-bond donors (Lipinski definition) is 0. The SMILES string of the molecule is C/C=C\C=C/c1cn(-c2ccccc2)c2c1C=CCC2. The number of para-hydroxylation sites is 1. The molecule has 0 atom stereocenters. The second kappa shape index (κ2) is 5.79. The van der Waals surface area contributed by atoms with Crippen molar-refractivity contribution in [3.05, 3.63) is 77.7 Å². The fourth-order valence-corrected chi connectivity index (χ4v) is 2.67. The van der Waals surface area contributed by atoms with Crippen LogP contribution in [0.4, 0.5) is 0 Å².